The predicted octanol–water partition coefficient (Wildman–Crippen LogP) is 2.81. The normalized spacial score (nSPS) is 19.7. The maximum Gasteiger partial charge on any atom is 0.240 e. The second kappa shape index (κ2) is 5.19. The van der Waals surface area contributed by atoms with Crippen LogP contribution in [0, 0.1) is 0 Å². The van der Waals surface area contributed by atoms with Gasteiger partial charge in [0, 0.05) is 29.1 Å². The van der Waals surface area contributed by atoms with Crippen molar-refractivity contribution < 1.29 is 4.79 Å². The Balaban J connectivity index is 2.20. The van der Waals surface area contributed by atoms with Crippen molar-refractivity contribution in [3.8, 4) is 0 Å². The van der Waals surface area contributed by atoms with Crippen molar-refractivity contribution in [2.75, 3.05) is 13.1 Å². The first-order chi connectivity index (χ1) is 8.41. The minimum absolute atomic E-state index is 0.0713. The Hall–Kier alpha value is -0.580. The van der Waals surface area contributed by atoms with E-state index in [2.05, 4.69) is 26.1 Å². The standard InChI is InChI=1S/C13H16BrClN2O/c1-13(2)12(18)16-5-6-17(13)8-9-3-4-10(14)7-11(9)15/h3-4,7H,5-6,8H2,1-2H3,(H,16,18). The van der Waals surface area contributed by atoms with Crippen LogP contribution in [0.1, 0.15) is 19.4 Å². The number of nitrogens with zero attached hydrogens (tertiary/aromatic N) is 1. The lowest BCUT2D eigenvalue weighted by molar-refractivity contribution is -0.135. The number of halogens is 2. The molecule has 1 aliphatic heterocycles. The van der Waals surface area contributed by atoms with E-state index in [9.17, 15) is 4.79 Å². The highest BCUT2D eigenvalue weighted by molar-refractivity contribution is 9.10. The smallest absolute Gasteiger partial charge is 0.240 e. The molecule has 1 saturated heterocycles. The third-order valence-corrected chi connectivity index (χ3v) is 4.23. The van der Waals surface area contributed by atoms with E-state index >= 15 is 0 Å². The minimum Gasteiger partial charge on any atom is -0.353 e. The number of nitrogens with one attached hydrogen (secondary N) is 1. The summed E-state index contributed by atoms with van der Waals surface area (Å²) in [5.41, 5.74) is 0.553. The molecule has 1 aromatic carbocycles. The van der Waals surface area contributed by atoms with Gasteiger partial charge in [0.2, 0.25) is 5.91 Å². The Morgan fingerprint density at radius 3 is 2.89 bits per heavy atom. The zero-order valence-electron chi connectivity index (χ0n) is 10.5. The van der Waals surface area contributed by atoms with E-state index in [4.69, 9.17) is 11.6 Å². The summed E-state index contributed by atoms with van der Waals surface area (Å²) in [6.45, 7) is 6.09. The maximum atomic E-state index is 11.9. The van der Waals surface area contributed by atoms with Crippen LogP contribution >= 0.6 is 27.5 Å². The molecule has 1 amide bonds. The highest BCUT2D eigenvalue weighted by Crippen LogP contribution is 2.26. The number of amides is 1. The van der Waals surface area contributed by atoms with Gasteiger partial charge in [0.15, 0.2) is 0 Å². The summed E-state index contributed by atoms with van der Waals surface area (Å²) in [4.78, 5) is 14.0. The average molecular weight is 332 g/mol. The lowest BCUT2D eigenvalue weighted by Crippen LogP contribution is -2.61. The Morgan fingerprint density at radius 1 is 1.50 bits per heavy atom. The lowest BCUT2D eigenvalue weighted by atomic mass is 9.98. The Labute approximate surface area is 121 Å². The monoisotopic (exact) mass is 330 g/mol. The minimum atomic E-state index is -0.491. The summed E-state index contributed by atoms with van der Waals surface area (Å²) in [5, 5.41) is 3.62. The molecule has 1 heterocycles. The molecule has 5 heteroatoms. The third kappa shape index (κ3) is 2.71. The molecule has 2 rings (SSSR count). The van der Waals surface area contributed by atoms with Crippen LogP contribution in [-0.2, 0) is 11.3 Å². The highest BCUT2D eigenvalue weighted by Gasteiger charge is 2.37. The zero-order valence-corrected chi connectivity index (χ0v) is 12.8. The van der Waals surface area contributed by atoms with Gasteiger partial charge in [0.25, 0.3) is 0 Å². The van der Waals surface area contributed by atoms with E-state index in [1.165, 1.54) is 0 Å². The highest BCUT2D eigenvalue weighted by atomic mass is 79.9. The van der Waals surface area contributed by atoms with Crippen molar-refractivity contribution in [3.05, 3.63) is 33.3 Å². The van der Waals surface area contributed by atoms with Gasteiger partial charge in [0.1, 0.15) is 0 Å². The van der Waals surface area contributed by atoms with Crippen LogP contribution in [-0.4, -0.2) is 29.4 Å². The molecule has 1 N–H and O–H groups in total. The molecule has 18 heavy (non-hydrogen) atoms. The molecular formula is C13H16BrClN2O. The molecule has 0 unspecified atom stereocenters. The van der Waals surface area contributed by atoms with Crippen molar-refractivity contribution in [2.45, 2.75) is 25.9 Å². The van der Waals surface area contributed by atoms with Gasteiger partial charge in [-0.25, -0.2) is 0 Å². The fraction of sp³-hybridized carbons (Fsp3) is 0.462. The van der Waals surface area contributed by atoms with Gasteiger partial charge >= 0.3 is 0 Å². The van der Waals surface area contributed by atoms with Crippen LogP contribution in [0.3, 0.4) is 0 Å². The van der Waals surface area contributed by atoms with Crippen LogP contribution in [0.25, 0.3) is 0 Å². The second-order valence-corrected chi connectivity index (χ2v) is 6.30. The largest absolute Gasteiger partial charge is 0.353 e. The summed E-state index contributed by atoms with van der Waals surface area (Å²) in [6, 6.07) is 5.85. The summed E-state index contributed by atoms with van der Waals surface area (Å²) < 4.78 is 0.965. The number of rotatable bonds is 2. The van der Waals surface area contributed by atoms with Gasteiger partial charge in [-0.2, -0.15) is 0 Å². The Kier molecular flexibility index (Phi) is 3.99. The van der Waals surface area contributed by atoms with Crippen LogP contribution in [0.4, 0.5) is 0 Å². The van der Waals surface area contributed by atoms with Crippen LogP contribution in [0.5, 0.6) is 0 Å². The molecule has 0 spiro atoms. The summed E-state index contributed by atoms with van der Waals surface area (Å²) in [7, 11) is 0. The lowest BCUT2D eigenvalue weighted by Gasteiger charge is -2.41. The van der Waals surface area contributed by atoms with Gasteiger partial charge in [0.05, 0.1) is 5.54 Å². The SMILES string of the molecule is CC1(C)C(=O)NCCN1Cc1ccc(Br)cc1Cl. The van der Waals surface area contributed by atoms with Crippen molar-refractivity contribution in [2.24, 2.45) is 0 Å². The first-order valence-electron chi connectivity index (χ1n) is 5.88. The average Bonchev–Trinajstić information content (AvgIpc) is 2.28. The number of benzene rings is 1. The van der Waals surface area contributed by atoms with Gasteiger partial charge in [-0.15, -0.1) is 0 Å². The molecule has 0 bridgehead atoms. The van der Waals surface area contributed by atoms with Gasteiger partial charge in [-0.05, 0) is 31.5 Å². The number of hydrogen-bond acceptors (Lipinski definition) is 2. The van der Waals surface area contributed by atoms with Gasteiger partial charge < -0.3 is 5.32 Å². The van der Waals surface area contributed by atoms with Crippen LogP contribution < -0.4 is 5.32 Å². The van der Waals surface area contributed by atoms with Gasteiger partial charge in [-0.1, -0.05) is 33.6 Å². The van der Waals surface area contributed by atoms with Crippen molar-refractivity contribution in [1.29, 1.82) is 0 Å². The molecule has 1 aromatic rings. The molecule has 0 aromatic heterocycles. The molecule has 0 atom stereocenters. The van der Waals surface area contributed by atoms with Gasteiger partial charge in [-0.3, -0.25) is 9.69 Å². The number of piperazine rings is 1. The zero-order chi connectivity index (χ0) is 13.3. The second-order valence-electron chi connectivity index (χ2n) is 4.97. The summed E-state index contributed by atoms with van der Waals surface area (Å²) >= 11 is 9.61. The molecule has 0 aliphatic carbocycles. The molecule has 0 saturated carbocycles. The quantitative estimate of drug-likeness (QED) is 0.904. The molecule has 1 fully saturated rings. The fourth-order valence-electron chi connectivity index (χ4n) is 2.08. The molecule has 0 radical (unpaired) electrons. The molecule has 1 aliphatic rings. The van der Waals surface area contributed by atoms with Crippen molar-refractivity contribution in [1.82, 2.24) is 10.2 Å². The fourth-order valence-corrected chi connectivity index (χ4v) is 2.81. The number of carbonyl (C=O) groups is 1. The Morgan fingerprint density at radius 2 is 2.22 bits per heavy atom. The topological polar surface area (TPSA) is 32.3 Å². The first kappa shape index (κ1) is 13.8. The Bertz CT molecular complexity index is 476. The summed E-state index contributed by atoms with van der Waals surface area (Å²) in [5.74, 6) is 0.0713. The third-order valence-electron chi connectivity index (χ3n) is 3.39. The van der Waals surface area contributed by atoms with Crippen molar-refractivity contribution >= 4 is 33.4 Å². The van der Waals surface area contributed by atoms with E-state index in [1.807, 2.05) is 32.0 Å². The van der Waals surface area contributed by atoms with E-state index < -0.39 is 5.54 Å². The van der Waals surface area contributed by atoms with E-state index in [1.54, 1.807) is 0 Å². The van der Waals surface area contributed by atoms with Crippen LogP contribution in [0.2, 0.25) is 5.02 Å². The predicted molar refractivity (Wildman–Crippen MR) is 76.7 cm³/mol. The summed E-state index contributed by atoms with van der Waals surface area (Å²) in [6.07, 6.45) is 0. The van der Waals surface area contributed by atoms with Crippen molar-refractivity contribution in [3.63, 3.8) is 0 Å². The first-order valence-corrected chi connectivity index (χ1v) is 7.05. The van der Waals surface area contributed by atoms with E-state index in [0.29, 0.717) is 13.1 Å². The molecule has 98 valence electrons. The molecular weight excluding hydrogens is 316 g/mol. The van der Waals surface area contributed by atoms with E-state index in [-0.39, 0.29) is 5.91 Å². The maximum absolute atomic E-state index is 11.9. The van der Waals surface area contributed by atoms with Crippen LogP contribution in [0.15, 0.2) is 22.7 Å². The number of carbonyl (C=O) groups excluding carboxylic acids is 1. The molecule has 3 nitrogen and oxygen atoms in total. The number of hydrogen-bond donors (Lipinski definition) is 1. The van der Waals surface area contributed by atoms with E-state index in [0.717, 1.165) is 21.6 Å².